The number of amides is 1. The summed E-state index contributed by atoms with van der Waals surface area (Å²) < 4.78 is 10.8. The van der Waals surface area contributed by atoms with E-state index in [1.54, 1.807) is 18.2 Å². The number of nitrogens with two attached hydrogens (primary N) is 1. The zero-order chi connectivity index (χ0) is 14.4. The van der Waals surface area contributed by atoms with Gasteiger partial charge in [0.2, 0.25) is 0 Å². The summed E-state index contributed by atoms with van der Waals surface area (Å²) in [4.78, 5) is 11.6. The second-order valence-electron chi connectivity index (χ2n) is 4.11. The minimum atomic E-state index is -0.424. The van der Waals surface area contributed by atoms with E-state index in [0.29, 0.717) is 23.7 Å². The van der Waals surface area contributed by atoms with Crippen LogP contribution >= 0.6 is 0 Å². The molecule has 0 unspecified atom stereocenters. The van der Waals surface area contributed by atoms with E-state index in [0.717, 1.165) is 5.56 Å². The first-order chi connectivity index (χ1) is 9.74. The number of carbonyl (C=O) groups is 1. The van der Waals surface area contributed by atoms with Crippen molar-refractivity contribution in [2.75, 3.05) is 7.11 Å². The minimum absolute atomic E-state index is 0.334. The van der Waals surface area contributed by atoms with Crippen molar-refractivity contribution in [3.05, 3.63) is 59.7 Å². The SMILES string of the molecule is COc1ccc(OCc2ccccc2)cc1C(=O)NN. The molecule has 0 saturated carbocycles. The van der Waals surface area contributed by atoms with Crippen molar-refractivity contribution in [2.45, 2.75) is 6.61 Å². The van der Waals surface area contributed by atoms with Gasteiger partial charge in [-0.15, -0.1) is 0 Å². The van der Waals surface area contributed by atoms with Gasteiger partial charge in [0.1, 0.15) is 18.1 Å². The number of nitrogens with one attached hydrogen (secondary N) is 1. The maximum Gasteiger partial charge on any atom is 0.269 e. The molecule has 1 amide bonds. The average Bonchev–Trinajstić information content (AvgIpc) is 2.52. The lowest BCUT2D eigenvalue weighted by Gasteiger charge is -2.11. The monoisotopic (exact) mass is 272 g/mol. The third-order valence-electron chi connectivity index (χ3n) is 2.79. The molecule has 0 heterocycles. The molecule has 0 aliphatic rings. The van der Waals surface area contributed by atoms with E-state index in [1.807, 2.05) is 30.3 Å². The molecule has 3 N–H and O–H groups in total. The molecule has 5 heteroatoms. The number of ether oxygens (including phenoxy) is 2. The normalized spacial score (nSPS) is 9.90. The predicted octanol–water partition coefficient (Wildman–Crippen LogP) is 1.88. The van der Waals surface area contributed by atoms with Crippen molar-refractivity contribution < 1.29 is 14.3 Å². The Bertz CT molecular complexity index is 585. The second-order valence-corrected chi connectivity index (χ2v) is 4.11. The molecule has 2 aromatic rings. The van der Waals surface area contributed by atoms with Gasteiger partial charge in [-0.1, -0.05) is 30.3 Å². The van der Waals surface area contributed by atoms with Crippen LogP contribution in [-0.4, -0.2) is 13.0 Å². The molecule has 0 fully saturated rings. The van der Waals surface area contributed by atoms with Crippen LogP contribution in [0.4, 0.5) is 0 Å². The van der Waals surface area contributed by atoms with E-state index in [4.69, 9.17) is 15.3 Å². The molecule has 2 rings (SSSR count). The van der Waals surface area contributed by atoms with Crippen LogP contribution in [0.15, 0.2) is 48.5 Å². The summed E-state index contributed by atoms with van der Waals surface area (Å²) >= 11 is 0. The number of hydrazine groups is 1. The molecule has 0 atom stereocenters. The van der Waals surface area contributed by atoms with Crippen LogP contribution < -0.4 is 20.7 Å². The molecule has 0 aliphatic carbocycles. The van der Waals surface area contributed by atoms with Crippen molar-refractivity contribution in [2.24, 2.45) is 5.84 Å². The lowest BCUT2D eigenvalue weighted by atomic mass is 10.1. The number of benzene rings is 2. The summed E-state index contributed by atoms with van der Waals surface area (Å²) in [6.45, 7) is 0.427. The molecule has 0 radical (unpaired) electrons. The van der Waals surface area contributed by atoms with Gasteiger partial charge in [-0.3, -0.25) is 10.2 Å². The minimum Gasteiger partial charge on any atom is -0.496 e. The van der Waals surface area contributed by atoms with Crippen molar-refractivity contribution in [1.29, 1.82) is 0 Å². The van der Waals surface area contributed by atoms with Crippen LogP contribution in [0, 0.1) is 0 Å². The number of nitrogen functional groups attached to an aromatic ring is 1. The molecular weight excluding hydrogens is 256 g/mol. The molecule has 104 valence electrons. The number of rotatable bonds is 5. The van der Waals surface area contributed by atoms with Gasteiger partial charge >= 0.3 is 0 Å². The van der Waals surface area contributed by atoms with Gasteiger partial charge in [-0.05, 0) is 23.8 Å². The molecule has 0 bridgehead atoms. The van der Waals surface area contributed by atoms with Crippen LogP contribution in [0.25, 0.3) is 0 Å². The number of hydrogen-bond acceptors (Lipinski definition) is 4. The zero-order valence-corrected chi connectivity index (χ0v) is 11.1. The Balaban J connectivity index is 2.14. The molecule has 0 spiro atoms. The first-order valence-corrected chi connectivity index (χ1v) is 6.10. The quantitative estimate of drug-likeness (QED) is 0.495. The number of methoxy groups -OCH3 is 1. The highest BCUT2D eigenvalue weighted by molar-refractivity contribution is 5.96. The molecule has 0 saturated heterocycles. The average molecular weight is 272 g/mol. The smallest absolute Gasteiger partial charge is 0.269 e. The first-order valence-electron chi connectivity index (χ1n) is 6.10. The first kappa shape index (κ1) is 13.9. The maximum atomic E-state index is 11.6. The van der Waals surface area contributed by atoms with E-state index in [9.17, 15) is 4.79 Å². The lowest BCUT2D eigenvalue weighted by molar-refractivity contribution is 0.0950. The Kier molecular flexibility index (Phi) is 4.57. The van der Waals surface area contributed by atoms with Crippen molar-refractivity contribution >= 4 is 5.91 Å². The lowest BCUT2D eigenvalue weighted by Crippen LogP contribution is -2.30. The molecule has 20 heavy (non-hydrogen) atoms. The fraction of sp³-hybridized carbons (Fsp3) is 0.133. The van der Waals surface area contributed by atoms with Crippen LogP contribution in [0.2, 0.25) is 0 Å². The largest absolute Gasteiger partial charge is 0.496 e. The van der Waals surface area contributed by atoms with Crippen molar-refractivity contribution in [3.63, 3.8) is 0 Å². The Hall–Kier alpha value is -2.53. The number of carbonyl (C=O) groups excluding carboxylic acids is 1. The highest BCUT2D eigenvalue weighted by Gasteiger charge is 2.12. The van der Waals surface area contributed by atoms with Crippen LogP contribution in [-0.2, 0) is 6.61 Å². The summed E-state index contributed by atoms with van der Waals surface area (Å²) in [7, 11) is 1.49. The molecular formula is C15H16N2O3. The van der Waals surface area contributed by atoms with Crippen molar-refractivity contribution in [1.82, 2.24) is 5.43 Å². The van der Waals surface area contributed by atoms with Crippen LogP contribution in [0.5, 0.6) is 11.5 Å². The zero-order valence-electron chi connectivity index (χ0n) is 11.1. The molecule has 0 aromatic heterocycles. The van der Waals surface area contributed by atoms with Crippen LogP contribution in [0.1, 0.15) is 15.9 Å². The van der Waals surface area contributed by atoms with Crippen molar-refractivity contribution in [3.8, 4) is 11.5 Å². The summed E-state index contributed by atoms with van der Waals surface area (Å²) in [6.07, 6.45) is 0. The standard InChI is InChI=1S/C15H16N2O3/c1-19-14-8-7-12(9-13(14)15(18)17-16)20-10-11-5-3-2-4-6-11/h2-9H,10,16H2,1H3,(H,17,18). The fourth-order valence-corrected chi connectivity index (χ4v) is 1.77. The van der Waals surface area contributed by atoms with Gasteiger partial charge in [0.25, 0.3) is 5.91 Å². The third-order valence-corrected chi connectivity index (χ3v) is 2.79. The van der Waals surface area contributed by atoms with Gasteiger partial charge < -0.3 is 9.47 Å². The molecule has 2 aromatic carbocycles. The van der Waals surface area contributed by atoms with Gasteiger partial charge in [-0.2, -0.15) is 0 Å². The Morgan fingerprint density at radius 3 is 2.60 bits per heavy atom. The van der Waals surface area contributed by atoms with Crippen LogP contribution in [0.3, 0.4) is 0 Å². The van der Waals surface area contributed by atoms with E-state index < -0.39 is 5.91 Å². The van der Waals surface area contributed by atoms with Gasteiger partial charge in [0.05, 0.1) is 12.7 Å². The highest BCUT2D eigenvalue weighted by atomic mass is 16.5. The molecule has 0 aliphatic heterocycles. The third kappa shape index (κ3) is 3.27. The highest BCUT2D eigenvalue weighted by Crippen LogP contribution is 2.24. The Morgan fingerprint density at radius 2 is 1.95 bits per heavy atom. The van der Waals surface area contributed by atoms with E-state index in [-0.39, 0.29) is 0 Å². The Labute approximate surface area is 117 Å². The van der Waals surface area contributed by atoms with Gasteiger partial charge in [0.15, 0.2) is 0 Å². The second kappa shape index (κ2) is 6.58. The fourth-order valence-electron chi connectivity index (χ4n) is 1.77. The predicted molar refractivity (Wildman–Crippen MR) is 75.4 cm³/mol. The topological polar surface area (TPSA) is 73.6 Å². The summed E-state index contributed by atoms with van der Waals surface area (Å²) in [5, 5.41) is 0. The van der Waals surface area contributed by atoms with Gasteiger partial charge in [0, 0.05) is 0 Å². The summed E-state index contributed by atoms with van der Waals surface area (Å²) in [5.41, 5.74) is 3.47. The Morgan fingerprint density at radius 1 is 1.20 bits per heavy atom. The number of hydrogen-bond donors (Lipinski definition) is 2. The maximum absolute atomic E-state index is 11.6. The van der Waals surface area contributed by atoms with Gasteiger partial charge in [-0.25, -0.2) is 5.84 Å². The van der Waals surface area contributed by atoms with E-state index in [2.05, 4.69) is 5.43 Å². The van der Waals surface area contributed by atoms with E-state index >= 15 is 0 Å². The summed E-state index contributed by atoms with van der Waals surface area (Å²) in [6, 6.07) is 14.8. The van der Waals surface area contributed by atoms with E-state index in [1.165, 1.54) is 7.11 Å². The molecule has 5 nitrogen and oxygen atoms in total. The summed E-state index contributed by atoms with van der Waals surface area (Å²) in [5.74, 6) is 5.74.